The van der Waals surface area contributed by atoms with E-state index in [4.69, 9.17) is 9.47 Å². The fourth-order valence-electron chi connectivity index (χ4n) is 4.84. The molecule has 1 aliphatic carbocycles. The molecule has 0 fully saturated rings. The molecule has 0 atom stereocenters. The van der Waals surface area contributed by atoms with E-state index in [0.29, 0.717) is 59.3 Å². The summed E-state index contributed by atoms with van der Waals surface area (Å²) >= 11 is 0. The molecular formula is C27H35KN4O6S. The number of nitrogens with zero attached hydrogens (tertiary/aromatic N) is 4. The van der Waals surface area contributed by atoms with Gasteiger partial charge in [-0.3, -0.25) is 0 Å². The van der Waals surface area contributed by atoms with Gasteiger partial charge in [0.25, 0.3) is 0 Å². The molecule has 1 heterocycles. The van der Waals surface area contributed by atoms with Crippen LogP contribution in [0.3, 0.4) is 0 Å². The predicted octanol–water partition coefficient (Wildman–Crippen LogP) is 0.432. The van der Waals surface area contributed by atoms with Gasteiger partial charge in [0.1, 0.15) is 11.5 Å². The smallest absolute Gasteiger partial charge is 1.00 e. The average Bonchev–Trinajstić information content (AvgIpc) is 3.35. The fourth-order valence-corrected chi connectivity index (χ4v) is 6.27. The summed E-state index contributed by atoms with van der Waals surface area (Å²) in [5, 5.41) is 14.2. The van der Waals surface area contributed by atoms with E-state index in [0.717, 1.165) is 24.0 Å². The Morgan fingerprint density at radius 2 is 1.64 bits per heavy atom. The van der Waals surface area contributed by atoms with Crippen molar-refractivity contribution >= 4 is 16.0 Å². The first kappa shape index (κ1) is 31.8. The second kappa shape index (κ2) is 13.3. The molecule has 0 radical (unpaired) electrons. The number of hydrogen-bond acceptors (Lipinski definition) is 7. The van der Waals surface area contributed by atoms with Gasteiger partial charge in [-0.15, -0.1) is 0 Å². The van der Waals surface area contributed by atoms with E-state index >= 15 is 0 Å². The van der Waals surface area contributed by atoms with Crippen molar-refractivity contribution in [2.24, 2.45) is 0 Å². The summed E-state index contributed by atoms with van der Waals surface area (Å²) in [6, 6.07) is 10.1. The van der Waals surface area contributed by atoms with E-state index < -0.39 is 16.0 Å². The van der Waals surface area contributed by atoms with Gasteiger partial charge in [0, 0.05) is 20.1 Å². The Morgan fingerprint density at radius 1 is 1.03 bits per heavy atom. The summed E-state index contributed by atoms with van der Waals surface area (Å²) in [5.41, 5.74) is 3.15. The SMILES string of the molecule is COc1cccc(OC)c1-c1cc(C(=O)O)nn1-c1ccc(S(=O)(=O)N(C)CCN(C)C)c2c1CCCC2.[H-].[K+]. The number of hydrogen-bond donors (Lipinski definition) is 1. The zero-order valence-electron chi connectivity index (χ0n) is 24.4. The average molecular weight is 583 g/mol. The first-order valence-electron chi connectivity index (χ1n) is 12.4. The Labute approximate surface area is 273 Å². The van der Waals surface area contributed by atoms with Crippen LogP contribution in [-0.4, -0.2) is 86.9 Å². The molecule has 0 saturated heterocycles. The maximum atomic E-state index is 13.6. The first-order chi connectivity index (χ1) is 18.1. The second-order valence-corrected chi connectivity index (χ2v) is 11.6. The van der Waals surface area contributed by atoms with Crippen LogP contribution in [0, 0.1) is 0 Å². The van der Waals surface area contributed by atoms with Crippen molar-refractivity contribution in [3.05, 3.63) is 53.2 Å². The Morgan fingerprint density at radius 3 is 2.21 bits per heavy atom. The van der Waals surface area contributed by atoms with Crippen molar-refractivity contribution in [2.75, 3.05) is 48.5 Å². The van der Waals surface area contributed by atoms with E-state index in [1.165, 1.54) is 24.6 Å². The number of rotatable bonds is 10. The van der Waals surface area contributed by atoms with Gasteiger partial charge in [-0.2, -0.15) is 9.40 Å². The number of carboxylic acid groups (broad SMARTS) is 1. The maximum Gasteiger partial charge on any atom is 1.00 e. The number of carbonyl (C=O) groups is 1. The molecule has 1 N–H and O–H groups in total. The number of fused-ring (bicyclic) bond motifs is 1. The largest absolute Gasteiger partial charge is 1.00 e. The zero-order valence-corrected chi connectivity index (χ0v) is 27.3. The minimum Gasteiger partial charge on any atom is -1.00 e. The molecule has 2 aromatic carbocycles. The zero-order chi connectivity index (χ0) is 27.6. The van der Waals surface area contributed by atoms with Crippen LogP contribution in [0.2, 0.25) is 0 Å². The molecule has 3 aromatic rings. The number of benzene rings is 2. The third-order valence-electron chi connectivity index (χ3n) is 6.86. The van der Waals surface area contributed by atoms with E-state index in [1.807, 2.05) is 19.0 Å². The molecule has 4 rings (SSSR count). The van der Waals surface area contributed by atoms with Crippen LogP contribution < -0.4 is 60.9 Å². The topological polar surface area (TPSA) is 114 Å². The van der Waals surface area contributed by atoms with Gasteiger partial charge in [0.15, 0.2) is 5.69 Å². The van der Waals surface area contributed by atoms with E-state index in [2.05, 4.69) is 5.10 Å². The van der Waals surface area contributed by atoms with Crippen molar-refractivity contribution in [3.8, 4) is 28.4 Å². The number of methoxy groups -OCH3 is 2. The standard InChI is InChI=1S/C27H34N4O6S.K.H/c1-29(2)15-16-30(3)38(34,35)25-14-13-21(18-9-6-7-10-19(18)25)31-22(17-20(28-31)27(32)33)26-23(36-4)11-8-12-24(26)37-5;;/h8,11-14,17H,6-7,9-10,15-16H2,1-5H3,(H,32,33);;/q;+1;-1. The second-order valence-electron chi connectivity index (χ2n) is 9.55. The number of carboxylic acids is 1. The summed E-state index contributed by atoms with van der Waals surface area (Å²) in [6.07, 6.45) is 3.02. The van der Waals surface area contributed by atoms with Crippen molar-refractivity contribution in [1.82, 2.24) is 19.0 Å². The molecule has 0 spiro atoms. The van der Waals surface area contributed by atoms with Crippen LogP contribution in [0.5, 0.6) is 11.5 Å². The maximum absolute atomic E-state index is 13.6. The minimum atomic E-state index is -3.72. The summed E-state index contributed by atoms with van der Waals surface area (Å²) in [5.74, 6) is -0.175. The number of likely N-dealkylation sites (N-methyl/N-ethyl adjacent to an activating group) is 2. The normalized spacial score (nSPS) is 13.2. The molecule has 1 aliphatic rings. The van der Waals surface area contributed by atoms with Crippen molar-refractivity contribution < 1.29 is 80.6 Å². The quantitative estimate of drug-likeness (QED) is 0.343. The van der Waals surface area contributed by atoms with Crippen molar-refractivity contribution in [2.45, 2.75) is 30.6 Å². The summed E-state index contributed by atoms with van der Waals surface area (Å²) in [7, 11) is 4.75. The number of sulfonamides is 1. The molecule has 1 aromatic heterocycles. The van der Waals surface area contributed by atoms with Gasteiger partial charge in [0.05, 0.1) is 36.1 Å². The van der Waals surface area contributed by atoms with Gasteiger partial charge in [0.2, 0.25) is 10.0 Å². The van der Waals surface area contributed by atoms with E-state index in [-0.39, 0.29) is 58.5 Å². The molecule has 12 heteroatoms. The van der Waals surface area contributed by atoms with Gasteiger partial charge in [-0.25, -0.2) is 17.9 Å². The van der Waals surface area contributed by atoms with Crippen molar-refractivity contribution in [3.63, 3.8) is 0 Å². The molecule has 0 saturated carbocycles. The third-order valence-corrected chi connectivity index (χ3v) is 8.80. The van der Waals surface area contributed by atoms with Crippen LogP contribution in [0.1, 0.15) is 35.9 Å². The monoisotopic (exact) mass is 582 g/mol. The number of aromatic nitrogens is 2. The molecule has 0 bridgehead atoms. The van der Waals surface area contributed by atoms with E-state index in [9.17, 15) is 18.3 Å². The number of ether oxygens (including phenoxy) is 2. The third kappa shape index (κ3) is 6.43. The van der Waals surface area contributed by atoms with Crippen LogP contribution in [0.4, 0.5) is 0 Å². The summed E-state index contributed by atoms with van der Waals surface area (Å²) in [6.45, 7) is 0.968. The molecule has 0 aliphatic heterocycles. The van der Waals surface area contributed by atoms with Crippen LogP contribution in [0.15, 0.2) is 41.3 Å². The Kier molecular flexibility index (Phi) is 10.8. The Balaban J connectivity index is 0.00000280. The fraction of sp³-hybridized carbons (Fsp3) is 0.407. The van der Waals surface area contributed by atoms with Crippen molar-refractivity contribution in [1.29, 1.82) is 0 Å². The molecule has 0 amide bonds. The van der Waals surface area contributed by atoms with Crippen LogP contribution in [0.25, 0.3) is 16.9 Å². The Hall–Kier alpha value is -1.77. The predicted molar refractivity (Wildman–Crippen MR) is 145 cm³/mol. The van der Waals surface area contributed by atoms with Gasteiger partial charge >= 0.3 is 57.4 Å². The molecule has 206 valence electrons. The molecule has 10 nitrogen and oxygen atoms in total. The van der Waals surface area contributed by atoms with Gasteiger partial charge in [-0.1, -0.05) is 6.07 Å². The summed E-state index contributed by atoms with van der Waals surface area (Å²) in [4.78, 5) is 14.2. The van der Waals surface area contributed by atoms with Crippen LogP contribution >= 0.6 is 0 Å². The molecular weight excluding hydrogens is 547 g/mol. The minimum absolute atomic E-state index is 0. The molecule has 0 unspecified atom stereocenters. The summed E-state index contributed by atoms with van der Waals surface area (Å²) < 4.78 is 41.3. The number of aromatic carboxylic acids is 1. The Bertz CT molecular complexity index is 1440. The van der Waals surface area contributed by atoms with E-state index in [1.54, 1.807) is 42.1 Å². The molecule has 39 heavy (non-hydrogen) atoms. The first-order valence-corrected chi connectivity index (χ1v) is 13.8. The van der Waals surface area contributed by atoms with Crippen LogP contribution in [-0.2, 0) is 22.9 Å². The van der Waals surface area contributed by atoms with Gasteiger partial charge < -0.3 is 20.9 Å². The van der Waals surface area contributed by atoms with Gasteiger partial charge in [-0.05, 0) is 81.2 Å².